The van der Waals surface area contributed by atoms with Crippen molar-refractivity contribution in [3.05, 3.63) is 70.9 Å². The van der Waals surface area contributed by atoms with Crippen molar-refractivity contribution in [1.29, 1.82) is 0 Å². The van der Waals surface area contributed by atoms with Crippen LogP contribution in [0, 0.1) is 11.6 Å². The van der Waals surface area contributed by atoms with Crippen molar-refractivity contribution in [1.82, 2.24) is 4.57 Å². The van der Waals surface area contributed by atoms with Crippen LogP contribution in [0.4, 0.5) is 8.78 Å². The average molecular weight is 352 g/mol. The predicted molar refractivity (Wildman–Crippen MR) is 81.0 cm³/mol. The van der Waals surface area contributed by atoms with Crippen LogP contribution in [0.15, 0.2) is 62.8 Å². The summed E-state index contributed by atoms with van der Waals surface area (Å²) in [6.45, 7) is 0. The SMILES string of the molecule is NS(=O)(=O)c1ccc(-c2coc(=O)n2-c2ccc(F)cc2)cc1F. The molecule has 0 radical (unpaired) electrons. The maximum atomic E-state index is 14.0. The molecule has 0 saturated heterocycles. The van der Waals surface area contributed by atoms with Crippen molar-refractivity contribution in [2.75, 3.05) is 0 Å². The van der Waals surface area contributed by atoms with E-state index in [0.717, 1.165) is 35.1 Å². The number of hydrogen-bond donors (Lipinski definition) is 1. The number of sulfonamides is 1. The van der Waals surface area contributed by atoms with E-state index < -0.39 is 32.3 Å². The van der Waals surface area contributed by atoms with Crippen LogP contribution in [0.1, 0.15) is 0 Å². The molecule has 0 bridgehead atoms. The zero-order chi connectivity index (χ0) is 17.5. The second-order valence-corrected chi connectivity index (χ2v) is 6.42. The van der Waals surface area contributed by atoms with Crippen LogP contribution in [-0.4, -0.2) is 13.0 Å². The van der Waals surface area contributed by atoms with Crippen molar-refractivity contribution < 1.29 is 21.6 Å². The lowest BCUT2D eigenvalue weighted by Gasteiger charge is -2.07. The highest BCUT2D eigenvalue weighted by atomic mass is 32.2. The largest absolute Gasteiger partial charge is 0.424 e. The molecule has 0 aliphatic carbocycles. The molecule has 2 N–H and O–H groups in total. The fourth-order valence-electron chi connectivity index (χ4n) is 2.23. The molecule has 24 heavy (non-hydrogen) atoms. The highest BCUT2D eigenvalue weighted by Crippen LogP contribution is 2.25. The Morgan fingerprint density at radius 1 is 1.04 bits per heavy atom. The lowest BCUT2D eigenvalue weighted by molar-refractivity contribution is 0.504. The minimum absolute atomic E-state index is 0.173. The molecule has 0 aliphatic heterocycles. The molecule has 9 heteroatoms. The van der Waals surface area contributed by atoms with Crippen molar-refractivity contribution in [3.8, 4) is 16.9 Å². The third-order valence-electron chi connectivity index (χ3n) is 3.31. The molecule has 1 aromatic heterocycles. The molecular formula is C15H10F2N2O4S. The summed E-state index contributed by atoms with van der Waals surface area (Å²) in [5, 5.41) is 4.91. The number of nitrogens with two attached hydrogens (primary N) is 1. The Bertz CT molecular complexity index is 1070. The molecular weight excluding hydrogens is 342 g/mol. The van der Waals surface area contributed by atoms with Gasteiger partial charge in [0.05, 0.1) is 11.4 Å². The van der Waals surface area contributed by atoms with Gasteiger partial charge in [-0.15, -0.1) is 0 Å². The highest BCUT2D eigenvalue weighted by molar-refractivity contribution is 7.89. The average Bonchev–Trinajstić information content (AvgIpc) is 2.88. The quantitative estimate of drug-likeness (QED) is 0.780. The molecule has 0 fully saturated rings. The van der Waals surface area contributed by atoms with Crippen LogP contribution >= 0.6 is 0 Å². The molecule has 0 spiro atoms. The Hall–Kier alpha value is -2.78. The second kappa shape index (κ2) is 5.69. The van der Waals surface area contributed by atoms with Gasteiger partial charge in [0.15, 0.2) is 0 Å². The molecule has 0 unspecified atom stereocenters. The van der Waals surface area contributed by atoms with E-state index in [1.807, 2.05) is 0 Å². The van der Waals surface area contributed by atoms with E-state index in [0.29, 0.717) is 5.69 Å². The number of benzene rings is 2. The fourth-order valence-corrected chi connectivity index (χ4v) is 2.82. The van der Waals surface area contributed by atoms with E-state index in [1.54, 1.807) is 0 Å². The Morgan fingerprint density at radius 3 is 2.29 bits per heavy atom. The highest BCUT2D eigenvalue weighted by Gasteiger charge is 2.18. The Balaban J connectivity index is 2.17. The summed E-state index contributed by atoms with van der Waals surface area (Å²) in [6.07, 6.45) is 1.09. The summed E-state index contributed by atoms with van der Waals surface area (Å²) in [5.74, 6) is -2.30. The molecule has 1 heterocycles. The smallest absolute Gasteiger partial charge is 0.415 e. The summed E-state index contributed by atoms with van der Waals surface area (Å²) in [5.41, 5.74) is 0.669. The summed E-state index contributed by atoms with van der Waals surface area (Å²) < 4.78 is 55.5. The van der Waals surface area contributed by atoms with E-state index in [-0.39, 0.29) is 11.3 Å². The predicted octanol–water partition coefficient (Wildman–Crippen LogP) is 2.02. The van der Waals surface area contributed by atoms with E-state index in [2.05, 4.69) is 0 Å². The second-order valence-electron chi connectivity index (χ2n) is 4.89. The number of aromatic nitrogens is 1. The van der Waals surface area contributed by atoms with Crippen LogP contribution in [0.25, 0.3) is 16.9 Å². The van der Waals surface area contributed by atoms with Crippen molar-refractivity contribution >= 4 is 10.0 Å². The monoisotopic (exact) mass is 352 g/mol. The van der Waals surface area contributed by atoms with E-state index in [4.69, 9.17) is 9.56 Å². The van der Waals surface area contributed by atoms with Crippen molar-refractivity contribution in [2.24, 2.45) is 5.14 Å². The number of rotatable bonds is 3. The molecule has 124 valence electrons. The van der Waals surface area contributed by atoms with Gasteiger partial charge in [-0.3, -0.25) is 0 Å². The molecule has 3 rings (SSSR count). The van der Waals surface area contributed by atoms with Crippen LogP contribution < -0.4 is 10.9 Å². The minimum Gasteiger partial charge on any atom is -0.415 e. The lowest BCUT2D eigenvalue weighted by atomic mass is 10.1. The number of hydrogen-bond acceptors (Lipinski definition) is 4. The normalized spacial score (nSPS) is 11.6. The molecule has 3 aromatic rings. The van der Waals surface area contributed by atoms with Crippen LogP contribution in [0.3, 0.4) is 0 Å². The molecule has 0 amide bonds. The number of nitrogens with zero attached hydrogens (tertiary/aromatic N) is 1. The summed E-state index contributed by atoms with van der Waals surface area (Å²) >= 11 is 0. The van der Waals surface area contributed by atoms with Gasteiger partial charge in [-0.05, 0) is 36.4 Å². The standard InChI is InChI=1S/C15H10F2N2O4S/c16-10-2-4-11(5-3-10)19-13(8-23-15(19)20)9-1-6-14(12(17)7-9)24(18,21)22/h1-8H,(H2,18,21,22). The van der Waals surface area contributed by atoms with E-state index in [9.17, 15) is 22.0 Å². The van der Waals surface area contributed by atoms with Crippen molar-refractivity contribution in [3.63, 3.8) is 0 Å². The number of oxazole rings is 1. The van der Waals surface area contributed by atoms with Crippen LogP contribution in [-0.2, 0) is 10.0 Å². The summed E-state index contributed by atoms with van der Waals surface area (Å²) in [4.78, 5) is 11.2. The van der Waals surface area contributed by atoms with Gasteiger partial charge >= 0.3 is 5.76 Å². The van der Waals surface area contributed by atoms with Gasteiger partial charge in [0, 0.05) is 5.56 Å². The fraction of sp³-hybridized carbons (Fsp3) is 0. The Morgan fingerprint density at radius 2 is 1.71 bits per heavy atom. The van der Waals surface area contributed by atoms with Gasteiger partial charge in [0.1, 0.15) is 22.8 Å². The maximum Gasteiger partial charge on any atom is 0.424 e. The third kappa shape index (κ3) is 2.86. The van der Waals surface area contributed by atoms with Gasteiger partial charge in [-0.1, -0.05) is 6.07 Å². The first-order valence-electron chi connectivity index (χ1n) is 6.56. The minimum atomic E-state index is -4.20. The molecule has 2 aromatic carbocycles. The first kappa shape index (κ1) is 16.1. The van der Waals surface area contributed by atoms with Crippen LogP contribution in [0.5, 0.6) is 0 Å². The summed E-state index contributed by atoms with van der Waals surface area (Å²) in [6, 6.07) is 8.21. The van der Waals surface area contributed by atoms with Crippen molar-refractivity contribution in [2.45, 2.75) is 4.90 Å². The third-order valence-corrected chi connectivity index (χ3v) is 4.26. The molecule has 0 aliphatic rings. The van der Waals surface area contributed by atoms with Gasteiger partial charge in [0.2, 0.25) is 10.0 Å². The Labute approximate surface area is 134 Å². The maximum absolute atomic E-state index is 14.0. The van der Waals surface area contributed by atoms with Gasteiger partial charge in [0.25, 0.3) is 0 Å². The zero-order valence-corrected chi connectivity index (χ0v) is 12.8. The molecule has 6 nitrogen and oxygen atoms in total. The van der Waals surface area contributed by atoms with Crippen LogP contribution in [0.2, 0.25) is 0 Å². The zero-order valence-electron chi connectivity index (χ0n) is 11.9. The Kier molecular flexibility index (Phi) is 3.82. The van der Waals surface area contributed by atoms with Gasteiger partial charge in [-0.2, -0.15) is 0 Å². The van der Waals surface area contributed by atoms with E-state index in [1.165, 1.54) is 18.2 Å². The van der Waals surface area contributed by atoms with Gasteiger partial charge < -0.3 is 4.42 Å². The van der Waals surface area contributed by atoms with E-state index >= 15 is 0 Å². The first-order chi connectivity index (χ1) is 11.3. The molecule has 0 saturated carbocycles. The first-order valence-corrected chi connectivity index (χ1v) is 8.11. The van der Waals surface area contributed by atoms with Gasteiger partial charge in [-0.25, -0.2) is 31.7 Å². The topological polar surface area (TPSA) is 95.3 Å². The molecule has 0 atom stereocenters. The number of primary sulfonamides is 1. The number of halogens is 2. The lowest BCUT2D eigenvalue weighted by Crippen LogP contribution is -2.15. The summed E-state index contributed by atoms with van der Waals surface area (Å²) in [7, 11) is -4.20.